The molecule has 4 rings (SSSR count). The van der Waals surface area contributed by atoms with Gasteiger partial charge in [0.15, 0.2) is 15.0 Å². The molecule has 0 spiro atoms. The van der Waals surface area contributed by atoms with Crippen molar-refractivity contribution in [3.63, 3.8) is 0 Å². The number of amidine groups is 1. The van der Waals surface area contributed by atoms with Crippen molar-refractivity contribution in [1.29, 1.82) is 0 Å². The number of thioether (sulfide) groups is 1. The monoisotopic (exact) mass is 420 g/mol. The fourth-order valence-corrected chi connectivity index (χ4v) is 7.33. The van der Waals surface area contributed by atoms with Gasteiger partial charge in [0, 0.05) is 16.0 Å². The minimum atomic E-state index is -2.95. The molecule has 1 fully saturated rings. The molecule has 142 valence electrons. The highest BCUT2D eigenvalue weighted by molar-refractivity contribution is 8.15. The predicted molar refractivity (Wildman–Crippen MR) is 115 cm³/mol. The molecule has 2 aromatic carbocycles. The molecule has 1 saturated heterocycles. The standard InChI is InChI=1S/C20H21ClN2O2S2/c1-2-14-5-9-17(10-6-14)23(11-15-3-7-16(21)8-4-15)20-22-18-12-27(24,25)13-19(18)26-20/h3-10,18-19H,2,11-13H2,1H3/t18-,19+/m0/s1. The molecule has 2 aliphatic rings. The van der Waals surface area contributed by atoms with Crippen LogP contribution in [0.1, 0.15) is 18.1 Å². The number of halogens is 1. The van der Waals surface area contributed by atoms with Crippen LogP contribution in [0.4, 0.5) is 5.69 Å². The van der Waals surface area contributed by atoms with Gasteiger partial charge < -0.3 is 4.90 Å². The number of fused-ring (bicyclic) bond motifs is 1. The molecule has 4 nitrogen and oxygen atoms in total. The lowest BCUT2D eigenvalue weighted by Gasteiger charge is -2.25. The van der Waals surface area contributed by atoms with Crippen LogP contribution in [0.25, 0.3) is 0 Å². The zero-order chi connectivity index (χ0) is 19.0. The number of rotatable bonds is 4. The van der Waals surface area contributed by atoms with Crippen molar-refractivity contribution >= 4 is 44.1 Å². The molecule has 0 N–H and O–H groups in total. The van der Waals surface area contributed by atoms with E-state index in [1.165, 1.54) is 5.56 Å². The molecule has 0 saturated carbocycles. The first kappa shape index (κ1) is 18.8. The van der Waals surface area contributed by atoms with E-state index in [1.54, 1.807) is 11.8 Å². The molecule has 0 aliphatic carbocycles. The average Bonchev–Trinajstić information content (AvgIpc) is 3.14. The van der Waals surface area contributed by atoms with Crippen molar-refractivity contribution in [3.05, 3.63) is 64.7 Å². The molecule has 2 atom stereocenters. The van der Waals surface area contributed by atoms with Crippen LogP contribution < -0.4 is 4.90 Å². The largest absolute Gasteiger partial charge is 0.317 e. The fourth-order valence-electron chi connectivity index (χ4n) is 3.42. The Balaban J connectivity index is 1.64. The van der Waals surface area contributed by atoms with Crippen molar-refractivity contribution in [2.24, 2.45) is 4.99 Å². The van der Waals surface area contributed by atoms with Gasteiger partial charge in [0.25, 0.3) is 0 Å². The lowest BCUT2D eigenvalue weighted by molar-refractivity contribution is 0.601. The predicted octanol–water partition coefficient (Wildman–Crippen LogP) is 4.18. The number of aryl methyl sites for hydroxylation is 1. The number of hydrogen-bond donors (Lipinski definition) is 0. The number of sulfone groups is 1. The molecule has 0 radical (unpaired) electrons. The minimum absolute atomic E-state index is 0.0348. The fraction of sp³-hybridized carbons (Fsp3) is 0.350. The Morgan fingerprint density at radius 2 is 1.74 bits per heavy atom. The Labute approximate surface area is 169 Å². The Bertz CT molecular complexity index is 956. The maximum atomic E-state index is 11.9. The van der Waals surface area contributed by atoms with E-state index in [-0.39, 0.29) is 22.8 Å². The smallest absolute Gasteiger partial charge is 0.164 e. The van der Waals surface area contributed by atoms with E-state index in [4.69, 9.17) is 16.6 Å². The van der Waals surface area contributed by atoms with E-state index in [2.05, 4.69) is 36.1 Å². The van der Waals surface area contributed by atoms with Gasteiger partial charge in [-0.15, -0.1) is 0 Å². The molecule has 7 heteroatoms. The SMILES string of the molecule is CCc1ccc(N(Cc2ccc(Cl)cc2)C2=N[C@H]3CS(=O)(=O)C[C@H]3S2)cc1. The van der Waals surface area contributed by atoms with E-state index < -0.39 is 9.84 Å². The molecule has 0 amide bonds. The highest BCUT2D eigenvalue weighted by atomic mass is 35.5. The van der Waals surface area contributed by atoms with Gasteiger partial charge in [-0.05, 0) is 41.8 Å². The summed E-state index contributed by atoms with van der Waals surface area (Å²) in [6, 6.07) is 16.2. The van der Waals surface area contributed by atoms with Gasteiger partial charge in [-0.3, -0.25) is 4.99 Å². The Morgan fingerprint density at radius 1 is 1.07 bits per heavy atom. The van der Waals surface area contributed by atoms with Gasteiger partial charge >= 0.3 is 0 Å². The Kier molecular flexibility index (Phi) is 5.23. The van der Waals surface area contributed by atoms with Gasteiger partial charge in [-0.25, -0.2) is 8.42 Å². The first-order chi connectivity index (χ1) is 12.9. The molecule has 0 unspecified atom stereocenters. The molecule has 0 aromatic heterocycles. The van der Waals surface area contributed by atoms with Crippen LogP contribution in [0.3, 0.4) is 0 Å². The highest BCUT2D eigenvalue weighted by Gasteiger charge is 2.43. The number of aliphatic imine (C=N–C) groups is 1. The Hall–Kier alpha value is -1.50. The second kappa shape index (κ2) is 7.49. The summed E-state index contributed by atoms with van der Waals surface area (Å²) in [6.45, 7) is 2.81. The van der Waals surface area contributed by atoms with Crippen LogP contribution in [-0.2, 0) is 22.8 Å². The second-order valence-corrected chi connectivity index (χ2v) is 10.7. The van der Waals surface area contributed by atoms with Crippen LogP contribution in [0.2, 0.25) is 5.02 Å². The van der Waals surface area contributed by atoms with Crippen molar-refractivity contribution in [2.75, 3.05) is 16.4 Å². The van der Waals surface area contributed by atoms with Gasteiger partial charge in [0.05, 0.1) is 24.1 Å². The van der Waals surface area contributed by atoms with Gasteiger partial charge in [0.1, 0.15) is 0 Å². The third kappa shape index (κ3) is 4.18. The van der Waals surface area contributed by atoms with E-state index in [0.29, 0.717) is 11.6 Å². The molecule has 0 bridgehead atoms. The summed E-state index contributed by atoms with van der Waals surface area (Å²) < 4.78 is 23.8. The van der Waals surface area contributed by atoms with Crippen LogP contribution in [0, 0.1) is 0 Å². The van der Waals surface area contributed by atoms with E-state index in [9.17, 15) is 8.42 Å². The maximum Gasteiger partial charge on any atom is 0.164 e. The van der Waals surface area contributed by atoms with Crippen molar-refractivity contribution < 1.29 is 8.42 Å². The summed E-state index contributed by atoms with van der Waals surface area (Å²) in [7, 11) is -2.95. The average molecular weight is 421 g/mol. The van der Waals surface area contributed by atoms with Crippen LogP contribution >= 0.6 is 23.4 Å². The third-order valence-electron chi connectivity index (χ3n) is 4.95. The van der Waals surface area contributed by atoms with Crippen LogP contribution in [-0.4, -0.2) is 36.4 Å². The molecular formula is C20H21ClN2O2S2. The molecule has 2 heterocycles. The zero-order valence-electron chi connectivity index (χ0n) is 15.0. The van der Waals surface area contributed by atoms with Crippen LogP contribution in [0.15, 0.2) is 53.5 Å². The quantitative estimate of drug-likeness (QED) is 0.744. The third-order valence-corrected chi connectivity index (χ3v) is 8.45. The zero-order valence-corrected chi connectivity index (χ0v) is 17.4. The topological polar surface area (TPSA) is 49.7 Å². The maximum absolute atomic E-state index is 11.9. The molecule has 2 aliphatic heterocycles. The van der Waals surface area contributed by atoms with E-state index in [1.807, 2.05) is 24.3 Å². The highest BCUT2D eigenvalue weighted by Crippen LogP contribution is 2.37. The lowest BCUT2D eigenvalue weighted by Crippen LogP contribution is -2.28. The second-order valence-electron chi connectivity index (χ2n) is 6.94. The first-order valence-electron chi connectivity index (χ1n) is 8.99. The molecule has 2 aromatic rings. The van der Waals surface area contributed by atoms with Gasteiger partial charge in [-0.1, -0.05) is 54.6 Å². The number of nitrogens with zero attached hydrogens (tertiary/aromatic N) is 2. The Morgan fingerprint density at radius 3 is 2.37 bits per heavy atom. The van der Waals surface area contributed by atoms with E-state index in [0.717, 1.165) is 22.8 Å². The summed E-state index contributed by atoms with van der Waals surface area (Å²) in [5, 5.41) is 1.65. The number of hydrogen-bond acceptors (Lipinski definition) is 5. The van der Waals surface area contributed by atoms with Crippen molar-refractivity contribution in [2.45, 2.75) is 31.2 Å². The first-order valence-corrected chi connectivity index (χ1v) is 12.1. The minimum Gasteiger partial charge on any atom is -0.317 e. The summed E-state index contributed by atoms with van der Waals surface area (Å²) in [5.74, 6) is 0.386. The van der Waals surface area contributed by atoms with Crippen molar-refractivity contribution in [1.82, 2.24) is 0 Å². The van der Waals surface area contributed by atoms with Crippen LogP contribution in [0.5, 0.6) is 0 Å². The molecule has 27 heavy (non-hydrogen) atoms. The summed E-state index contributed by atoms with van der Waals surface area (Å²) >= 11 is 7.61. The lowest BCUT2D eigenvalue weighted by atomic mass is 10.1. The van der Waals surface area contributed by atoms with E-state index >= 15 is 0 Å². The van der Waals surface area contributed by atoms with Gasteiger partial charge in [-0.2, -0.15) is 0 Å². The normalized spacial score (nSPS) is 23.1. The number of anilines is 1. The molecular weight excluding hydrogens is 400 g/mol. The summed E-state index contributed by atoms with van der Waals surface area (Å²) in [4.78, 5) is 6.96. The summed E-state index contributed by atoms with van der Waals surface area (Å²) in [5.41, 5.74) is 3.48. The summed E-state index contributed by atoms with van der Waals surface area (Å²) in [6.07, 6.45) is 0.995. The van der Waals surface area contributed by atoms with Crippen molar-refractivity contribution in [3.8, 4) is 0 Å². The van der Waals surface area contributed by atoms with Gasteiger partial charge in [0.2, 0.25) is 0 Å². The number of benzene rings is 2.